The third kappa shape index (κ3) is 5.54. The summed E-state index contributed by atoms with van der Waals surface area (Å²) in [6.07, 6.45) is 2.31. The van der Waals surface area contributed by atoms with Crippen molar-refractivity contribution in [2.45, 2.75) is 6.42 Å². The van der Waals surface area contributed by atoms with Crippen LogP contribution < -0.4 is 19.7 Å². The Bertz CT molecular complexity index is 1190. The van der Waals surface area contributed by atoms with Gasteiger partial charge in [-0.2, -0.15) is 0 Å². The van der Waals surface area contributed by atoms with Gasteiger partial charge in [-0.1, -0.05) is 48.0 Å². The molecule has 4 rings (SSSR count). The first kappa shape index (κ1) is 22.4. The number of carbonyl (C=O) groups is 2. The molecule has 0 saturated carbocycles. The largest absolute Gasteiger partial charge is 0.497 e. The molecule has 0 radical (unpaired) electrons. The van der Waals surface area contributed by atoms with Gasteiger partial charge in [0.15, 0.2) is 11.5 Å². The van der Waals surface area contributed by atoms with Crippen LogP contribution in [-0.2, 0) is 16.0 Å². The number of carbonyl (C=O) groups excluding carboxylic acids is 2. The van der Waals surface area contributed by atoms with Crippen LogP contribution in [0.1, 0.15) is 11.1 Å². The lowest BCUT2D eigenvalue weighted by Crippen LogP contribution is -2.44. The second-order valence-electron chi connectivity index (χ2n) is 7.47. The molecule has 0 atom stereocenters. The van der Waals surface area contributed by atoms with Gasteiger partial charge in [0.1, 0.15) is 12.3 Å². The van der Waals surface area contributed by atoms with Gasteiger partial charge in [-0.15, -0.1) is 0 Å². The van der Waals surface area contributed by atoms with Gasteiger partial charge in [-0.3, -0.25) is 14.5 Å². The Balaban J connectivity index is 1.48. The monoisotopic (exact) mass is 462 g/mol. The van der Waals surface area contributed by atoms with E-state index in [2.05, 4.69) is 5.32 Å². The van der Waals surface area contributed by atoms with Crippen molar-refractivity contribution in [3.05, 3.63) is 94.7 Å². The Kier molecular flexibility index (Phi) is 6.95. The number of hydrogen-bond donors (Lipinski definition) is 1. The highest BCUT2D eigenvalue weighted by Crippen LogP contribution is 2.35. The molecule has 3 aromatic rings. The van der Waals surface area contributed by atoms with Crippen LogP contribution in [-0.4, -0.2) is 32.0 Å². The summed E-state index contributed by atoms with van der Waals surface area (Å²) < 4.78 is 11.1. The number of nitrogens with one attached hydrogen (secondary N) is 1. The van der Waals surface area contributed by atoms with Crippen molar-refractivity contribution >= 4 is 35.2 Å². The van der Waals surface area contributed by atoms with Crippen molar-refractivity contribution in [2.24, 2.45) is 0 Å². The van der Waals surface area contributed by atoms with E-state index in [9.17, 15) is 9.59 Å². The minimum absolute atomic E-state index is 0.116. The van der Waals surface area contributed by atoms with Gasteiger partial charge in [0.2, 0.25) is 5.91 Å². The number of fused-ring (bicyclic) bond motifs is 1. The summed E-state index contributed by atoms with van der Waals surface area (Å²) in [5.74, 6) is 0.681. The lowest BCUT2D eigenvalue weighted by atomic mass is 10.1. The molecular weight excluding hydrogens is 440 g/mol. The normalized spacial score (nSPS) is 13.9. The van der Waals surface area contributed by atoms with Crippen molar-refractivity contribution in [3.63, 3.8) is 0 Å². The topological polar surface area (TPSA) is 67.9 Å². The third-order valence-electron chi connectivity index (χ3n) is 5.17. The van der Waals surface area contributed by atoms with Crippen molar-refractivity contribution in [3.8, 4) is 11.5 Å². The fourth-order valence-electron chi connectivity index (χ4n) is 3.50. The summed E-state index contributed by atoms with van der Waals surface area (Å²) in [6, 6.07) is 21.9. The van der Waals surface area contributed by atoms with Crippen molar-refractivity contribution < 1.29 is 19.1 Å². The molecule has 33 heavy (non-hydrogen) atoms. The number of benzene rings is 3. The maximum Gasteiger partial charge on any atom is 0.294 e. The average Bonchev–Trinajstić information content (AvgIpc) is 2.83. The first-order valence-corrected chi connectivity index (χ1v) is 10.9. The van der Waals surface area contributed by atoms with Crippen molar-refractivity contribution in [1.82, 2.24) is 5.32 Å². The lowest BCUT2D eigenvalue weighted by Gasteiger charge is -2.30. The zero-order valence-electron chi connectivity index (χ0n) is 18.1. The van der Waals surface area contributed by atoms with E-state index < -0.39 is 0 Å². The first-order valence-electron chi connectivity index (χ1n) is 10.5. The SMILES string of the molecule is COc1cccc(/C=C2/Oc3ccccc3N(CC(=O)NCCc3ccc(Cl)cc3)C2=O)c1. The highest BCUT2D eigenvalue weighted by Gasteiger charge is 2.31. The van der Waals surface area contributed by atoms with Gasteiger partial charge >= 0.3 is 0 Å². The molecule has 168 valence electrons. The second-order valence-corrected chi connectivity index (χ2v) is 7.91. The van der Waals surface area contributed by atoms with Crippen LogP contribution in [0, 0.1) is 0 Å². The number of amides is 2. The van der Waals surface area contributed by atoms with Gasteiger partial charge in [-0.25, -0.2) is 0 Å². The minimum Gasteiger partial charge on any atom is -0.497 e. The van der Waals surface area contributed by atoms with E-state index in [1.54, 1.807) is 37.5 Å². The zero-order valence-corrected chi connectivity index (χ0v) is 18.8. The number of ether oxygens (including phenoxy) is 2. The van der Waals surface area contributed by atoms with Crippen molar-refractivity contribution in [1.29, 1.82) is 0 Å². The summed E-state index contributed by atoms with van der Waals surface area (Å²) >= 11 is 5.91. The van der Waals surface area contributed by atoms with E-state index >= 15 is 0 Å². The van der Waals surface area contributed by atoms with E-state index in [1.807, 2.05) is 48.5 Å². The Hall–Kier alpha value is -3.77. The lowest BCUT2D eigenvalue weighted by molar-refractivity contribution is -0.123. The molecule has 1 heterocycles. The number of para-hydroxylation sites is 2. The number of anilines is 1. The van der Waals surface area contributed by atoms with Gasteiger partial charge in [0.25, 0.3) is 5.91 Å². The van der Waals surface area contributed by atoms with Gasteiger partial charge in [0.05, 0.1) is 12.8 Å². The standard InChI is InChI=1S/C26H23ClN2O4/c1-32-21-6-4-5-19(15-21)16-24-26(31)29(22-7-2-3-8-23(22)33-24)17-25(30)28-14-13-18-9-11-20(27)12-10-18/h2-12,15-16H,13-14,17H2,1H3,(H,28,30)/b24-16+. The van der Waals surface area contributed by atoms with Crippen LogP contribution in [0.15, 0.2) is 78.6 Å². The van der Waals surface area contributed by atoms with Crippen LogP contribution in [0.3, 0.4) is 0 Å². The molecule has 6 nitrogen and oxygen atoms in total. The summed E-state index contributed by atoms with van der Waals surface area (Å²) in [4.78, 5) is 27.3. The number of nitrogens with zero attached hydrogens (tertiary/aromatic N) is 1. The highest BCUT2D eigenvalue weighted by molar-refractivity contribution is 6.30. The van der Waals surface area contributed by atoms with E-state index in [4.69, 9.17) is 21.1 Å². The number of halogens is 1. The molecule has 0 aromatic heterocycles. The Morgan fingerprint density at radius 1 is 1.09 bits per heavy atom. The molecule has 3 aromatic carbocycles. The van der Waals surface area contributed by atoms with E-state index in [0.29, 0.717) is 35.2 Å². The molecule has 0 bridgehead atoms. The van der Waals surface area contributed by atoms with Crippen LogP contribution in [0.2, 0.25) is 5.02 Å². The molecule has 2 amide bonds. The average molecular weight is 463 g/mol. The summed E-state index contributed by atoms with van der Waals surface area (Å²) in [7, 11) is 1.58. The summed E-state index contributed by atoms with van der Waals surface area (Å²) in [5, 5.41) is 3.55. The first-order chi connectivity index (χ1) is 16.0. The predicted molar refractivity (Wildman–Crippen MR) is 129 cm³/mol. The molecule has 1 N–H and O–H groups in total. The van der Waals surface area contributed by atoms with Crippen molar-refractivity contribution in [2.75, 3.05) is 25.1 Å². The van der Waals surface area contributed by atoms with Gasteiger partial charge in [-0.05, 0) is 60.0 Å². The molecule has 0 saturated heterocycles. The number of methoxy groups -OCH3 is 1. The Labute approximate surface area is 197 Å². The van der Waals surface area contributed by atoms with E-state index in [0.717, 1.165) is 11.1 Å². The van der Waals surface area contributed by atoms with E-state index in [-0.39, 0.29) is 24.1 Å². The maximum absolute atomic E-state index is 13.2. The van der Waals surface area contributed by atoms with Crippen LogP contribution in [0.25, 0.3) is 6.08 Å². The molecule has 0 spiro atoms. The van der Waals surface area contributed by atoms with Gasteiger partial charge < -0.3 is 14.8 Å². The van der Waals surface area contributed by atoms with Crippen LogP contribution in [0.5, 0.6) is 11.5 Å². The van der Waals surface area contributed by atoms with Gasteiger partial charge in [0, 0.05) is 11.6 Å². The van der Waals surface area contributed by atoms with Crippen LogP contribution >= 0.6 is 11.6 Å². The second kappa shape index (κ2) is 10.2. The molecular formula is C26H23ClN2O4. The minimum atomic E-state index is -0.385. The maximum atomic E-state index is 13.2. The van der Waals surface area contributed by atoms with Crippen LogP contribution in [0.4, 0.5) is 5.69 Å². The van der Waals surface area contributed by atoms with E-state index in [1.165, 1.54) is 4.90 Å². The molecule has 1 aliphatic rings. The zero-order chi connectivity index (χ0) is 23.2. The Morgan fingerprint density at radius 2 is 1.88 bits per heavy atom. The Morgan fingerprint density at radius 3 is 2.67 bits per heavy atom. The predicted octanol–water partition coefficient (Wildman–Crippen LogP) is 4.47. The quantitative estimate of drug-likeness (QED) is 0.526. The third-order valence-corrected chi connectivity index (χ3v) is 5.43. The highest BCUT2D eigenvalue weighted by atomic mass is 35.5. The number of rotatable bonds is 7. The summed E-state index contributed by atoms with van der Waals surface area (Å²) in [5.41, 5.74) is 2.37. The molecule has 7 heteroatoms. The molecule has 0 aliphatic carbocycles. The fourth-order valence-corrected chi connectivity index (χ4v) is 3.62. The smallest absolute Gasteiger partial charge is 0.294 e. The number of hydrogen-bond acceptors (Lipinski definition) is 4. The molecule has 1 aliphatic heterocycles. The fraction of sp³-hybridized carbons (Fsp3) is 0.154. The molecule has 0 fully saturated rings. The summed E-state index contributed by atoms with van der Waals surface area (Å²) in [6.45, 7) is 0.336. The molecule has 0 unspecified atom stereocenters.